The lowest BCUT2D eigenvalue weighted by Crippen LogP contribution is -2.29. The van der Waals surface area contributed by atoms with Crippen molar-refractivity contribution in [3.05, 3.63) is 85.7 Å². The molecule has 0 amide bonds. The zero-order valence-corrected chi connectivity index (χ0v) is 20.5. The van der Waals surface area contributed by atoms with Crippen molar-refractivity contribution < 1.29 is 4.74 Å². The smallest absolute Gasteiger partial charge is 0.145 e. The maximum absolute atomic E-state index is 6.35. The summed E-state index contributed by atoms with van der Waals surface area (Å²) in [5, 5.41) is 1.95. The summed E-state index contributed by atoms with van der Waals surface area (Å²) in [6, 6.07) is 10.9. The number of nitrogens with zero attached hydrogens (tertiary/aromatic N) is 2. The molecule has 0 saturated heterocycles. The van der Waals surface area contributed by atoms with E-state index in [0.29, 0.717) is 42.8 Å². The molecule has 0 aliphatic carbocycles. The SMILES string of the molecule is CC1(C)Oc2cc(C#Cc3cc(Cl)ccc3Cl)ccc2-c2nc(-c3c(Cl)cncc3Cl)[nH]c21. The van der Waals surface area contributed by atoms with Crippen LogP contribution in [0.3, 0.4) is 0 Å². The second-order valence-corrected chi connectivity index (χ2v) is 9.64. The highest BCUT2D eigenvalue weighted by molar-refractivity contribution is 6.38. The molecule has 0 saturated carbocycles. The summed E-state index contributed by atoms with van der Waals surface area (Å²) in [6.45, 7) is 3.94. The number of hydrogen-bond donors (Lipinski definition) is 1. The van der Waals surface area contributed by atoms with Crippen molar-refractivity contribution in [2.45, 2.75) is 19.4 Å². The molecule has 4 nitrogen and oxygen atoms in total. The molecule has 0 unspecified atom stereocenters. The summed E-state index contributed by atoms with van der Waals surface area (Å²) >= 11 is 25.0. The van der Waals surface area contributed by atoms with Gasteiger partial charge in [0.15, 0.2) is 0 Å². The van der Waals surface area contributed by atoms with Crippen LogP contribution in [0.2, 0.25) is 20.1 Å². The minimum atomic E-state index is -0.665. The molecule has 1 aliphatic heterocycles. The number of rotatable bonds is 1. The van der Waals surface area contributed by atoms with E-state index >= 15 is 0 Å². The Kier molecular flexibility index (Phi) is 5.55. The zero-order chi connectivity index (χ0) is 23.3. The second kappa shape index (κ2) is 8.27. The molecule has 164 valence electrons. The molecule has 33 heavy (non-hydrogen) atoms. The highest BCUT2D eigenvalue weighted by Gasteiger charge is 2.36. The van der Waals surface area contributed by atoms with Crippen molar-refractivity contribution in [3.63, 3.8) is 0 Å². The summed E-state index contributed by atoms with van der Waals surface area (Å²) in [5.41, 5.74) is 3.83. The zero-order valence-electron chi connectivity index (χ0n) is 17.4. The molecule has 2 aromatic heterocycles. The largest absolute Gasteiger partial charge is 0.481 e. The van der Waals surface area contributed by atoms with Crippen LogP contribution in [0.4, 0.5) is 0 Å². The Balaban J connectivity index is 1.58. The highest BCUT2D eigenvalue weighted by atomic mass is 35.5. The minimum absolute atomic E-state index is 0.415. The third kappa shape index (κ3) is 4.07. The van der Waals surface area contributed by atoms with Crippen LogP contribution in [0.25, 0.3) is 22.6 Å². The molecule has 0 atom stereocenters. The third-order valence-electron chi connectivity index (χ3n) is 5.27. The molecule has 8 heteroatoms. The van der Waals surface area contributed by atoms with Gasteiger partial charge in [-0.25, -0.2) is 4.98 Å². The molecule has 1 aliphatic rings. The van der Waals surface area contributed by atoms with E-state index in [1.165, 1.54) is 12.4 Å². The van der Waals surface area contributed by atoms with Gasteiger partial charge in [0, 0.05) is 34.1 Å². The first-order chi connectivity index (χ1) is 15.7. The van der Waals surface area contributed by atoms with Gasteiger partial charge in [-0.2, -0.15) is 0 Å². The molecule has 2 aromatic carbocycles. The average molecular weight is 515 g/mol. The average Bonchev–Trinajstić information content (AvgIpc) is 3.20. The van der Waals surface area contributed by atoms with Gasteiger partial charge in [-0.05, 0) is 50.2 Å². The Morgan fingerprint density at radius 1 is 0.909 bits per heavy atom. The van der Waals surface area contributed by atoms with Crippen molar-refractivity contribution in [2.75, 3.05) is 0 Å². The number of aromatic amines is 1. The van der Waals surface area contributed by atoms with Crippen LogP contribution in [0.5, 0.6) is 5.75 Å². The molecule has 5 rings (SSSR count). The summed E-state index contributed by atoms with van der Waals surface area (Å²) in [7, 11) is 0. The molecular weight excluding hydrogens is 500 g/mol. The van der Waals surface area contributed by atoms with Gasteiger partial charge >= 0.3 is 0 Å². The number of hydrogen-bond acceptors (Lipinski definition) is 3. The van der Waals surface area contributed by atoms with E-state index in [-0.39, 0.29) is 0 Å². The Labute approximate surface area is 210 Å². The van der Waals surface area contributed by atoms with E-state index in [1.807, 2.05) is 32.0 Å². The topological polar surface area (TPSA) is 50.8 Å². The molecular formula is C25H15Cl4N3O. The number of aromatic nitrogens is 3. The number of halogens is 4. The number of fused-ring (bicyclic) bond motifs is 3. The molecule has 0 spiro atoms. The number of nitrogens with one attached hydrogen (secondary N) is 1. The fraction of sp³-hybridized carbons (Fsp3) is 0.120. The van der Waals surface area contributed by atoms with E-state index in [1.54, 1.807) is 18.2 Å². The highest BCUT2D eigenvalue weighted by Crippen LogP contribution is 2.46. The van der Waals surface area contributed by atoms with Gasteiger partial charge in [-0.1, -0.05) is 58.2 Å². The van der Waals surface area contributed by atoms with Gasteiger partial charge in [0.05, 0.1) is 32.0 Å². The van der Waals surface area contributed by atoms with Crippen LogP contribution in [0.15, 0.2) is 48.8 Å². The van der Waals surface area contributed by atoms with Crippen LogP contribution in [-0.2, 0) is 5.60 Å². The van der Waals surface area contributed by atoms with Crippen molar-refractivity contribution in [2.24, 2.45) is 0 Å². The van der Waals surface area contributed by atoms with E-state index in [4.69, 9.17) is 56.1 Å². The Bertz CT molecular complexity index is 1460. The molecule has 3 heterocycles. The van der Waals surface area contributed by atoms with Crippen molar-refractivity contribution in [1.29, 1.82) is 0 Å². The number of ether oxygens (including phenoxy) is 1. The fourth-order valence-electron chi connectivity index (χ4n) is 3.70. The maximum atomic E-state index is 6.35. The lowest BCUT2D eigenvalue weighted by atomic mass is 9.94. The Morgan fingerprint density at radius 2 is 1.67 bits per heavy atom. The first kappa shape index (κ1) is 22.1. The van der Waals surface area contributed by atoms with Crippen LogP contribution in [0, 0.1) is 11.8 Å². The van der Waals surface area contributed by atoms with E-state index in [9.17, 15) is 0 Å². The standard InChI is InChI=1S/C25H15Cl4N3O/c1-25(2)23-22(31-24(32-23)21-18(28)11-30-12-19(21)29)16-7-4-13(9-20(16)33-25)3-5-14-10-15(26)6-8-17(14)27/h4,6-12H,1-2H3,(H,31,32). The second-order valence-electron chi connectivity index (χ2n) is 7.98. The Hall–Kier alpha value is -2.68. The Morgan fingerprint density at radius 3 is 2.42 bits per heavy atom. The summed E-state index contributed by atoms with van der Waals surface area (Å²) in [5.74, 6) is 7.45. The summed E-state index contributed by atoms with van der Waals surface area (Å²) in [6.07, 6.45) is 3.08. The van der Waals surface area contributed by atoms with Crippen molar-refractivity contribution in [3.8, 4) is 40.2 Å². The lowest BCUT2D eigenvalue weighted by molar-refractivity contribution is 0.101. The van der Waals surface area contributed by atoms with Gasteiger partial charge in [-0.15, -0.1) is 0 Å². The van der Waals surface area contributed by atoms with E-state index in [2.05, 4.69) is 21.8 Å². The van der Waals surface area contributed by atoms with Crippen molar-refractivity contribution >= 4 is 46.4 Å². The number of benzene rings is 2. The van der Waals surface area contributed by atoms with Gasteiger partial charge in [-0.3, -0.25) is 4.98 Å². The van der Waals surface area contributed by atoms with Gasteiger partial charge in [0.1, 0.15) is 17.2 Å². The third-order valence-corrected chi connectivity index (χ3v) is 6.41. The lowest BCUT2D eigenvalue weighted by Gasteiger charge is -2.31. The van der Waals surface area contributed by atoms with E-state index < -0.39 is 5.60 Å². The maximum Gasteiger partial charge on any atom is 0.145 e. The molecule has 0 fully saturated rings. The predicted octanol–water partition coefficient (Wildman–Crippen LogP) is 7.78. The van der Waals surface area contributed by atoms with E-state index in [0.717, 1.165) is 22.5 Å². The van der Waals surface area contributed by atoms with Gasteiger partial charge in [0.25, 0.3) is 0 Å². The first-order valence-corrected chi connectivity index (χ1v) is 11.4. The molecule has 4 aromatic rings. The van der Waals surface area contributed by atoms with Crippen LogP contribution in [0.1, 0.15) is 30.7 Å². The number of H-pyrrole nitrogens is 1. The first-order valence-electron chi connectivity index (χ1n) is 9.93. The quantitative estimate of drug-likeness (QED) is 0.264. The number of imidazole rings is 1. The van der Waals surface area contributed by atoms with Crippen LogP contribution in [-0.4, -0.2) is 15.0 Å². The van der Waals surface area contributed by atoms with Crippen molar-refractivity contribution in [1.82, 2.24) is 15.0 Å². The van der Waals surface area contributed by atoms with Gasteiger partial charge < -0.3 is 9.72 Å². The normalized spacial score (nSPS) is 13.4. The molecule has 1 N–H and O–H groups in total. The van der Waals surface area contributed by atoms with Gasteiger partial charge in [0.2, 0.25) is 0 Å². The monoisotopic (exact) mass is 513 g/mol. The minimum Gasteiger partial charge on any atom is -0.481 e. The number of pyridine rings is 1. The van der Waals surface area contributed by atoms with Crippen LogP contribution >= 0.6 is 46.4 Å². The predicted molar refractivity (Wildman–Crippen MR) is 133 cm³/mol. The molecule has 0 radical (unpaired) electrons. The summed E-state index contributed by atoms with van der Waals surface area (Å²) < 4.78 is 6.33. The summed E-state index contributed by atoms with van der Waals surface area (Å²) in [4.78, 5) is 12.2. The molecule has 0 bridgehead atoms. The van der Waals surface area contributed by atoms with Crippen LogP contribution < -0.4 is 4.74 Å². The fourth-order valence-corrected chi connectivity index (χ4v) is 4.58.